The summed E-state index contributed by atoms with van der Waals surface area (Å²) in [4.78, 5) is 24.9. The number of amides is 1. The molecule has 8 heteroatoms. The number of carboxylic acid groups (broad SMARTS) is 1. The molecule has 1 aliphatic rings. The van der Waals surface area contributed by atoms with Gasteiger partial charge in [0.25, 0.3) is 5.24 Å². The van der Waals surface area contributed by atoms with Crippen LogP contribution in [0.15, 0.2) is 66.7 Å². The van der Waals surface area contributed by atoms with Crippen LogP contribution in [-0.4, -0.2) is 50.8 Å². The highest BCUT2D eigenvalue weighted by Gasteiger charge is 2.39. The van der Waals surface area contributed by atoms with Crippen LogP contribution in [0.1, 0.15) is 27.9 Å². The molecule has 1 amide bonds. The largest absolute Gasteiger partial charge is 0.478 e. The molecule has 0 spiro atoms. The monoisotopic (exact) mass is 447 g/mol. The van der Waals surface area contributed by atoms with Gasteiger partial charge in [0.05, 0.1) is 11.6 Å². The molecule has 0 aliphatic carbocycles. The number of halogens is 2. The van der Waals surface area contributed by atoms with Gasteiger partial charge in [0, 0.05) is 17.9 Å². The molecule has 0 saturated carbocycles. The first-order valence-electron chi connectivity index (χ1n) is 9.84. The maximum absolute atomic E-state index is 14.4. The minimum atomic E-state index is -3.44. The molecule has 2 N–H and O–H groups in total. The number of benzene rings is 2. The summed E-state index contributed by atoms with van der Waals surface area (Å²) in [5.41, 5.74) is 0.785. The van der Waals surface area contributed by atoms with Crippen molar-refractivity contribution in [2.45, 2.75) is 30.9 Å². The minimum Gasteiger partial charge on any atom is -0.478 e. The first-order chi connectivity index (χ1) is 14.8. The Balaban J connectivity index is 1.59. The Labute approximate surface area is 183 Å². The fraction of sp³-hybridized carbons (Fsp3) is 0.304. The van der Waals surface area contributed by atoms with Crippen molar-refractivity contribution in [1.82, 2.24) is 4.90 Å². The zero-order valence-corrected chi connectivity index (χ0v) is 17.5. The van der Waals surface area contributed by atoms with Crippen LogP contribution in [0, 0.1) is 0 Å². The van der Waals surface area contributed by atoms with Gasteiger partial charge in [-0.2, -0.15) is 8.78 Å². The van der Waals surface area contributed by atoms with E-state index in [0.29, 0.717) is 25.1 Å². The number of aliphatic hydroxyl groups is 1. The fourth-order valence-corrected chi connectivity index (χ4v) is 4.38. The third kappa shape index (κ3) is 5.71. The van der Waals surface area contributed by atoms with Crippen LogP contribution in [0.25, 0.3) is 0 Å². The molecule has 0 aromatic heterocycles. The number of hydrogen-bond acceptors (Lipinski definition) is 4. The summed E-state index contributed by atoms with van der Waals surface area (Å²) in [5, 5.41) is 19.0. The molecule has 2 aromatic carbocycles. The molecule has 2 atom stereocenters. The number of alkyl halides is 2. The molecule has 31 heavy (non-hydrogen) atoms. The standard InChI is InChI=1S/C23H23F2NO4S/c24-23(25,18-9-2-1-3-10-18)20(27)12-11-19-15-31-22(30)26(19)13-5-7-16-6-4-8-17(14-16)21(28)29/h1-4,6,8-12,14,19-20,27H,5,7,13,15H2,(H,28,29). The van der Waals surface area contributed by atoms with Crippen molar-refractivity contribution in [3.8, 4) is 0 Å². The van der Waals surface area contributed by atoms with Crippen LogP contribution in [0.4, 0.5) is 13.6 Å². The number of nitrogens with zero attached hydrogens (tertiary/aromatic N) is 1. The van der Waals surface area contributed by atoms with Gasteiger partial charge in [0.15, 0.2) is 0 Å². The summed E-state index contributed by atoms with van der Waals surface area (Å²) in [6.07, 6.45) is 1.70. The molecule has 0 radical (unpaired) electrons. The number of carbonyl (C=O) groups is 2. The number of hydrogen-bond donors (Lipinski definition) is 2. The summed E-state index contributed by atoms with van der Waals surface area (Å²) in [7, 11) is 0. The molecule has 2 unspecified atom stereocenters. The van der Waals surface area contributed by atoms with Crippen LogP contribution in [0.3, 0.4) is 0 Å². The summed E-state index contributed by atoms with van der Waals surface area (Å²) < 4.78 is 28.9. The molecule has 1 heterocycles. The van der Waals surface area contributed by atoms with Gasteiger partial charge in [-0.05, 0) is 30.5 Å². The molecule has 1 aliphatic heterocycles. The lowest BCUT2D eigenvalue weighted by Gasteiger charge is -2.23. The summed E-state index contributed by atoms with van der Waals surface area (Å²) in [6.45, 7) is 0.406. The molecular formula is C23H23F2NO4S. The molecule has 1 saturated heterocycles. The summed E-state index contributed by atoms with van der Waals surface area (Å²) in [6, 6.07) is 13.4. The van der Waals surface area contributed by atoms with E-state index in [9.17, 15) is 23.5 Å². The summed E-state index contributed by atoms with van der Waals surface area (Å²) >= 11 is 1.11. The van der Waals surface area contributed by atoms with E-state index >= 15 is 0 Å². The Morgan fingerprint density at radius 3 is 2.68 bits per heavy atom. The Morgan fingerprint density at radius 1 is 1.23 bits per heavy atom. The van der Waals surface area contributed by atoms with Crippen LogP contribution in [0.2, 0.25) is 0 Å². The SMILES string of the molecule is O=C(O)c1cccc(CCCN2C(=O)SCC2C=CC(O)C(F)(F)c2ccccc2)c1. The van der Waals surface area contributed by atoms with Crippen molar-refractivity contribution in [3.05, 3.63) is 83.4 Å². The van der Waals surface area contributed by atoms with E-state index in [2.05, 4.69) is 0 Å². The normalized spacial score (nSPS) is 18.0. The van der Waals surface area contributed by atoms with Crippen molar-refractivity contribution in [3.63, 3.8) is 0 Å². The van der Waals surface area contributed by atoms with E-state index in [1.807, 2.05) is 6.07 Å². The van der Waals surface area contributed by atoms with E-state index < -0.39 is 18.0 Å². The van der Waals surface area contributed by atoms with Crippen LogP contribution in [-0.2, 0) is 12.3 Å². The lowest BCUT2D eigenvalue weighted by Crippen LogP contribution is -2.34. The van der Waals surface area contributed by atoms with E-state index in [0.717, 1.165) is 23.4 Å². The van der Waals surface area contributed by atoms with Gasteiger partial charge in [-0.3, -0.25) is 4.79 Å². The van der Waals surface area contributed by atoms with Gasteiger partial charge < -0.3 is 15.1 Å². The van der Waals surface area contributed by atoms with E-state index in [1.165, 1.54) is 36.4 Å². The average Bonchev–Trinajstić information content (AvgIpc) is 3.12. The van der Waals surface area contributed by atoms with Crippen molar-refractivity contribution in [2.75, 3.05) is 12.3 Å². The molecule has 5 nitrogen and oxygen atoms in total. The van der Waals surface area contributed by atoms with Gasteiger partial charge in [0.2, 0.25) is 0 Å². The molecule has 1 fully saturated rings. The Hall–Kier alpha value is -2.71. The fourth-order valence-electron chi connectivity index (χ4n) is 3.38. The quantitative estimate of drug-likeness (QED) is 0.551. The third-order valence-electron chi connectivity index (χ3n) is 5.10. The predicted octanol–water partition coefficient (Wildman–Crippen LogP) is 4.56. The van der Waals surface area contributed by atoms with Crippen LogP contribution >= 0.6 is 11.8 Å². The number of thioether (sulfide) groups is 1. The van der Waals surface area contributed by atoms with Crippen molar-refractivity contribution >= 4 is 23.0 Å². The second kappa shape index (κ2) is 10.1. The minimum absolute atomic E-state index is 0.141. The highest BCUT2D eigenvalue weighted by molar-refractivity contribution is 8.13. The van der Waals surface area contributed by atoms with Crippen molar-refractivity contribution < 1.29 is 28.6 Å². The molecular weight excluding hydrogens is 424 g/mol. The highest BCUT2D eigenvalue weighted by Crippen LogP contribution is 2.33. The average molecular weight is 448 g/mol. The zero-order valence-electron chi connectivity index (χ0n) is 16.7. The second-order valence-corrected chi connectivity index (χ2v) is 8.24. The van der Waals surface area contributed by atoms with Crippen molar-refractivity contribution in [1.29, 1.82) is 0 Å². The molecule has 0 bridgehead atoms. The maximum atomic E-state index is 14.4. The molecule has 164 valence electrons. The maximum Gasteiger partial charge on any atom is 0.335 e. The first kappa shape index (κ1) is 23.0. The predicted molar refractivity (Wildman–Crippen MR) is 116 cm³/mol. The first-order valence-corrected chi connectivity index (χ1v) is 10.8. The van der Waals surface area contributed by atoms with Gasteiger partial charge >= 0.3 is 11.9 Å². The van der Waals surface area contributed by atoms with Gasteiger partial charge in [-0.15, -0.1) is 0 Å². The smallest absolute Gasteiger partial charge is 0.335 e. The topological polar surface area (TPSA) is 77.8 Å². The Kier molecular flexibility index (Phi) is 7.46. The number of carbonyl (C=O) groups excluding carboxylic acids is 1. The highest BCUT2D eigenvalue weighted by atomic mass is 32.2. The van der Waals surface area contributed by atoms with Gasteiger partial charge in [-0.1, -0.05) is 66.4 Å². The Bertz CT molecular complexity index is 952. The second-order valence-electron chi connectivity index (χ2n) is 7.27. The van der Waals surface area contributed by atoms with Crippen LogP contribution < -0.4 is 0 Å². The van der Waals surface area contributed by atoms with E-state index in [4.69, 9.17) is 5.11 Å². The zero-order chi connectivity index (χ0) is 22.4. The van der Waals surface area contributed by atoms with Gasteiger partial charge in [0.1, 0.15) is 6.10 Å². The number of carboxylic acids is 1. The lowest BCUT2D eigenvalue weighted by molar-refractivity contribution is -0.0929. The Morgan fingerprint density at radius 2 is 1.97 bits per heavy atom. The number of aliphatic hydroxyl groups excluding tert-OH is 1. The van der Waals surface area contributed by atoms with E-state index in [-0.39, 0.29) is 22.4 Å². The number of rotatable bonds is 9. The van der Waals surface area contributed by atoms with Gasteiger partial charge in [-0.25, -0.2) is 4.79 Å². The molecule has 3 rings (SSSR count). The molecule has 2 aromatic rings. The third-order valence-corrected chi connectivity index (χ3v) is 6.09. The summed E-state index contributed by atoms with van der Waals surface area (Å²) in [5.74, 6) is -4.01. The number of aromatic carboxylic acids is 1. The van der Waals surface area contributed by atoms with E-state index in [1.54, 1.807) is 23.1 Å². The number of aryl methyl sites for hydroxylation is 1. The van der Waals surface area contributed by atoms with Crippen LogP contribution in [0.5, 0.6) is 0 Å². The lowest BCUT2D eigenvalue weighted by atomic mass is 10.0. The van der Waals surface area contributed by atoms with Crippen molar-refractivity contribution in [2.24, 2.45) is 0 Å².